The van der Waals surface area contributed by atoms with Gasteiger partial charge < -0.3 is 0 Å². The molecule has 1 heteroatoms. The minimum atomic E-state index is -1.70. The van der Waals surface area contributed by atoms with Gasteiger partial charge in [-0.05, 0) is 0 Å². The predicted octanol–water partition coefficient (Wildman–Crippen LogP) is 3.91. The molecule has 11 heavy (non-hydrogen) atoms. The number of rotatable bonds is 1. The molecule has 0 fully saturated rings. The van der Waals surface area contributed by atoms with Crippen LogP contribution in [-0.2, 0) is 20.3 Å². The molecule has 1 aliphatic carbocycles. The third kappa shape index (κ3) is 1.93. The molecule has 0 spiro atoms. The van der Waals surface area contributed by atoms with Crippen LogP contribution in [0.2, 0.25) is 13.9 Å². The first kappa shape index (κ1) is 9.45. The Kier molecular flexibility index (Phi) is 2.59. The van der Waals surface area contributed by atoms with Crippen LogP contribution in [0.3, 0.4) is 0 Å². The zero-order chi connectivity index (χ0) is 8.65. The molecule has 0 bridgehead atoms. The molecular formula is C10H18Zr. The molecule has 0 aromatic rings. The van der Waals surface area contributed by atoms with E-state index in [4.69, 9.17) is 0 Å². The summed E-state index contributed by atoms with van der Waals surface area (Å²) in [6, 6.07) is 0. The number of hydrogen-bond acceptors (Lipinski definition) is 0. The molecule has 0 saturated carbocycles. The molecule has 1 aliphatic rings. The van der Waals surface area contributed by atoms with Crippen molar-refractivity contribution in [3.63, 3.8) is 0 Å². The van der Waals surface area contributed by atoms with Crippen LogP contribution in [0.25, 0.3) is 0 Å². The van der Waals surface area contributed by atoms with Crippen LogP contribution in [-0.4, -0.2) is 0 Å². The fourth-order valence-electron chi connectivity index (χ4n) is 1.67. The van der Waals surface area contributed by atoms with E-state index in [2.05, 4.69) is 33.8 Å². The first-order valence-electron chi connectivity index (χ1n) is 4.30. The van der Waals surface area contributed by atoms with Gasteiger partial charge in [0.2, 0.25) is 0 Å². The van der Waals surface area contributed by atoms with E-state index in [1.807, 2.05) is 3.28 Å². The van der Waals surface area contributed by atoms with Crippen LogP contribution in [0.4, 0.5) is 0 Å². The molecule has 0 nitrogen and oxygen atoms in total. The van der Waals surface area contributed by atoms with E-state index in [1.54, 1.807) is 5.57 Å². The average molecular weight is 229 g/mol. The van der Waals surface area contributed by atoms with Gasteiger partial charge in [0.05, 0.1) is 0 Å². The van der Waals surface area contributed by atoms with E-state index in [-0.39, 0.29) is 0 Å². The molecule has 62 valence electrons. The van der Waals surface area contributed by atoms with Crippen molar-refractivity contribution in [2.75, 3.05) is 0 Å². The Bertz CT molecular complexity index is 226. The van der Waals surface area contributed by atoms with E-state index in [0.29, 0.717) is 0 Å². The quantitative estimate of drug-likeness (QED) is 0.639. The van der Waals surface area contributed by atoms with Gasteiger partial charge in [0.25, 0.3) is 0 Å². The van der Waals surface area contributed by atoms with Crippen molar-refractivity contribution in [3.05, 3.63) is 20.5 Å². The molecule has 0 saturated heterocycles. The fraction of sp³-hybridized carbons (Fsp3) is 0.600. The van der Waals surface area contributed by atoms with Crippen LogP contribution in [0, 0.1) is 0 Å². The van der Waals surface area contributed by atoms with Crippen LogP contribution in [0.15, 0.2) is 20.5 Å². The van der Waals surface area contributed by atoms with Gasteiger partial charge >= 0.3 is 74.9 Å². The Morgan fingerprint density at radius 1 is 1.18 bits per heavy atom. The molecular weight excluding hydrogens is 211 g/mol. The maximum atomic E-state index is 2.50. The summed E-state index contributed by atoms with van der Waals surface area (Å²) >= 11 is -1.70. The Hall–Kier alpha value is 0.363. The van der Waals surface area contributed by atoms with Crippen molar-refractivity contribution in [2.45, 2.75) is 34.2 Å². The van der Waals surface area contributed by atoms with Crippen molar-refractivity contribution >= 4 is 0 Å². The molecule has 0 unspecified atom stereocenters. The van der Waals surface area contributed by atoms with Gasteiger partial charge in [-0.15, -0.1) is 0 Å². The fourth-order valence-corrected chi connectivity index (χ4v) is 6.67. The summed E-state index contributed by atoms with van der Waals surface area (Å²) in [5.41, 5.74) is 3.12. The van der Waals surface area contributed by atoms with Gasteiger partial charge in [-0.2, -0.15) is 0 Å². The molecule has 0 aromatic carbocycles. The van der Waals surface area contributed by atoms with E-state index in [9.17, 15) is 0 Å². The van der Waals surface area contributed by atoms with Crippen molar-refractivity contribution in [2.24, 2.45) is 0 Å². The summed E-state index contributed by atoms with van der Waals surface area (Å²) in [6.07, 6.45) is 3.64. The topological polar surface area (TPSA) is 0 Å². The van der Waals surface area contributed by atoms with Gasteiger partial charge in [-0.3, -0.25) is 0 Å². The Labute approximate surface area is 74.8 Å². The Morgan fingerprint density at radius 2 is 1.73 bits per heavy atom. The van der Waals surface area contributed by atoms with Crippen LogP contribution >= 0.6 is 0 Å². The molecule has 1 rings (SSSR count). The number of hydrogen-bond donors (Lipinski definition) is 0. The summed E-state index contributed by atoms with van der Waals surface area (Å²) < 4.78 is 9.32. The normalized spacial score (nSPS) is 19.2. The van der Waals surface area contributed by atoms with E-state index >= 15 is 0 Å². The summed E-state index contributed by atoms with van der Waals surface area (Å²) in [5, 5.41) is 0. The molecule has 0 aromatic heterocycles. The van der Waals surface area contributed by atoms with Crippen molar-refractivity contribution in [1.82, 2.24) is 0 Å². The van der Waals surface area contributed by atoms with Gasteiger partial charge in [0, 0.05) is 0 Å². The van der Waals surface area contributed by atoms with E-state index in [0.717, 1.165) is 0 Å². The molecule has 0 amide bonds. The maximum absolute atomic E-state index is 2.50. The summed E-state index contributed by atoms with van der Waals surface area (Å²) in [6.45, 7) is 4.52. The third-order valence-corrected chi connectivity index (χ3v) is 8.44. The Morgan fingerprint density at radius 3 is 1.91 bits per heavy atom. The molecule has 0 N–H and O–H groups in total. The molecule has 0 radical (unpaired) electrons. The van der Waals surface area contributed by atoms with Gasteiger partial charge in [0.1, 0.15) is 0 Å². The van der Waals surface area contributed by atoms with Gasteiger partial charge in [0.15, 0.2) is 0 Å². The Balaban J connectivity index is 2.95. The van der Waals surface area contributed by atoms with E-state index < -0.39 is 20.3 Å². The van der Waals surface area contributed by atoms with Gasteiger partial charge in [-0.25, -0.2) is 0 Å². The summed E-state index contributed by atoms with van der Waals surface area (Å²) in [4.78, 5) is 0. The first-order valence-corrected chi connectivity index (χ1v) is 12.9. The van der Waals surface area contributed by atoms with Crippen LogP contribution in [0.1, 0.15) is 20.3 Å². The molecule has 0 heterocycles. The predicted molar refractivity (Wildman–Crippen MR) is 48.7 cm³/mol. The van der Waals surface area contributed by atoms with Crippen LogP contribution in [0.5, 0.6) is 0 Å². The first-order chi connectivity index (χ1) is 4.93. The minimum absolute atomic E-state index is 1.26. The zero-order valence-corrected chi connectivity index (χ0v) is 10.7. The molecule has 0 atom stereocenters. The van der Waals surface area contributed by atoms with Crippen molar-refractivity contribution in [1.29, 1.82) is 0 Å². The van der Waals surface area contributed by atoms with Crippen LogP contribution < -0.4 is 0 Å². The zero-order valence-electron chi connectivity index (χ0n) is 8.28. The monoisotopic (exact) mass is 228 g/mol. The molecule has 0 aliphatic heterocycles. The van der Waals surface area contributed by atoms with E-state index in [1.165, 1.54) is 12.0 Å². The van der Waals surface area contributed by atoms with Crippen molar-refractivity contribution < 1.29 is 20.3 Å². The second kappa shape index (κ2) is 3.01. The summed E-state index contributed by atoms with van der Waals surface area (Å²) in [7, 11) is 0. The number of allylic oxidation sites excluding steroid dienone is 4. The van der Waals surface area contributed by atoms with Gasteiger partial charge in [-0.1, -0.05) is 0 Å². The summed E-state index contributed by atoms with van der Waals surface area (Å²) in [5.74, 6) is 0. The standard InChI is InChI=1S/C7H9.3CH3.Zr/c1-6-4-3-5-7(6)2;;;;/h4H,3H2,1-2H3;3*1H3;. The SMILES string of the molecule is CC1=CC[C]([Zr]([CH3])([CH3])[CH3])=C1C. The van der Waals surface area contributed by atoms with Crippen molar-refractivity contribution in [3.8, 4) is 0 Å². The average Bonchev–Trinajstić information content (AvgIpc) is 2.11. The second-order valence-corrected chi connectivity index (χ2v) is 17.0. The second-order valence-electron chi connectivity index (χ2n) is 4.44. The third-order valence-electron chi connectivity index (χ3n) is 2.56.